The fourth-order valence-corrected chi connectivity index (χ4v) is 6.23. The summed E-state index contributed by atoms with van der Waals surface area (Å²) in [5.74, 6) is -0.479. The lowest BCUT2D eigenvalue weighted by Crippen LogP contribution is -2.55. The molecule has 0 aromatic heterocycles. The number of piperazine rings is 2. The molecule has 2 aliphatic rings. The van der Waals surface area contributed by atoms with Gasteiger partial charge >= 0.3 is 0 Å². The topological polar surface area (TPSA) is 62.3 Å². The Balaban J connectivity index is 1.10. The molecule has 2 N–H and O–H groups in total. The van der Waals surface area contributed by atoms with E-state index in [1.807, 2.05) is 12.1 Å². The predicted molar refractivity (Wildman–Crippen MR) is 159 cm³/mol. The number of hydrogen-bond donors (Lipinski definition) is 2. The summed E-state index contributed by atoms with van der Waals surface area (Å²) in [6.45, 7) is 15.0. The molecular weight excluding hydrogens is 498 g/mol. The maximum Gasteiger partial charge on any atom is 0.274 e. The van der Waals surface area contributed by atoms with E-state index in [2.05, 4.69) is 88.0 Å². The molecule has 7 nitrogen and oxygen atoms in total. The highest BCUT2D eigenvalue weighted by Crippen LogP contribution is 2.22. The van der Waals surface area contributed by atoms with Crippen LogP contribution >= 0.6 is 0 Å². The second kappa shape index (κ2) is 13.5. The van der Waals surface area contributed by atoms with E-state index in [9.17, 15) is 4.79 Å². The minimum Gasteiger partial charge on any atom is -0.297 e. The number of hydrogen-bond acceptors (Lipinski definition) is 6. The number of nitrogens with zero attached hydrogens (tertiary/aromatic N) is 4. The molecule has 0 spiro atoms. The first kappa shape index (κ1) is 28.5. The average Bonchev–Trinajstić information content (AvgIpc) is 2.97. The third-order valence-corrected chi connectivity index (χ3v) is 8.38. The van der Waals surface area contributed by atoms with E-state index < -0.39 is 5.91 Å². The Morgan fingerprint density at radius 3 is 1.77 bits per heavy atom. The van der Waals surface area contributed by atoms with Gasteiger partial charge in [0.2, 0.25) is 0 Å². The zero-order valence-electron chi connectivity index (χ0n) is 23.9. The average molecular weight is 542 g/mol. The Labute approximate surface area is 239 Å². The van der Waals surface area contributed by atoms with E-state index in [1.54, 1.807) is 17.6 Å². The van der Waals surface area contributed by atoms with Gasteiger partial charge in [-0.3, -0.25) is 29.6 Å². The molecule has 0 saturated carbocycles. The summed E-state index contributed by atoms with van der Waals surface area (Å²) in [5.41, 5.74) is 7.53. The lowest BCUT2D eigenvalue weighted by Gasteiger charge is -2.44. The molecule has 3 aromatic rings. The molecule has 2 heterocycles. The van der Waals surface area contributed by atoms with E-state index in [1.165, 1.54) is 22.3 Å². The molecule has 40 heavy (non-hydrogen) atoms. The van der Waals surface area contributed by atoms with Crippen molar-refractivity contribution in [2.75, 3.05) is 39.3 Å². The van der Waals surface area contributed by atoms with Crippen molar-refractivity contribution in [3.8, 4) is 0 Å². The van der Waals surface area contributed by atoms with Gasteiger partial charge in [-0.1, -0.05) is 66.7 Å². The van der Waals surface area contributed by atoms with Gasteiger partial charge in [-0.25, -0.2) is 5.48 Å². The van der Waals surface area contributed by atoms with Crippen molar-refractivity contribution in [1.82, 2.24) is 25.1 Å². The summed E-state index contributed by atoms with van der Waals surface area (Å²) >= 11 is 0. The van der Waals surface area contributed by atoms with Crippen LogP contribution < -0.4 is 5.48 Å². The molecule has 0 radical (unpaired) electrons. The third-order valence-electron chi connectivity index (χ3n) is 8.38. The number of rotatable bonds is 9. The van der Waals surface area contributed by atoms with Crippen LogP contribution in [0.2, 0.25) is 0 Å². The summed E-state index contributed by atoms with van der Waals surface area (Å²) in [6.07, 6.45) is 0. The van der Waals surface area contributed by atoms with Gasteiger partial charge < -0.3 is 0 Å². The van der Waals surface area contributed by atoms with Gasteiger partial charge in [0.05, 0.1) is 0 Å². The first-order valence-electron chi connectivity index (χ1n) is 14.5. The van der Waals surface area contributed by atoms with Gasteiger partial charge in [0.25, 0.3) is 5.91 Å². The standard InChI is InChI=1S/C33H43N5O2/c1-26-20-37(23-29-11-13-32(14-12-29)33(39)34-40)21-27(2)38(26)25-31-10-6-9-30(19-31)24-36-17-15-35(16-18-36)22-28-7-4-3-5-8-28/h3-14,19,26-27,40H,15-18,20-25H2,1-2H3,(H,34,39). The van der Waals surface area contributed by atoms with Crippen LogP contribution in [0, 0.1) is 0 Å². The van der Waals surface area contributed by atoms with Crippen LogP contribution in [0.25, 0.3) is 0 Å². The molecule has 3 aromatic carbocycles. The first-order valence-corrected chi connectivity index (χ1v) is 14.5. The minimum atomic E-state index is -0.479. The largest absolute Gasteiger partial charge is 0.297 e. The molecule has 2 atom stereocenters. The van der Waals surface area contributed by atoms with E-state index in [-0.39, 0.29) is 0 Å². The van der Waals surface area contributed by atoms with Crippen LogP contribution in [0.4, 0.5) is 0 Å². The van der Waals surface area contributed by atoms with Crippen molar-refractivity contribution in [3.63, 3.8) is 0 Å². The Morgan fingerprint density at radius 1 is 0.675 bits per heavy atom. The van der Waals surface area contributed by atoms with Crippen LogP contribution in [0.15, 0.2) is 78.9 Å². The number of hydroxylamine groups is 1. The number of benzene rings is 3. The van der Waals surface area contributed by atoms with E-state index in [0.29, 0.717) is 17.6 Å². The Hall–Kier alpha value is -3.07. The first-order chi connectivity index (χ1) is 19.5. The van der Waals surface area contributed by atoms with Gasteiger partial charge in [0, 0.05) is 83.1 Å². The summed E-state index contributed by atoms with van der Waals surface area (Å²) < 4.78 is 0. The van der Waals surface area contributed by atoms with Crippen molar-refractivity contribution in [3.05, 3.63) is 107 Å². The van der Waals surface area contributed by atoms with E-state index in [0.717, 1.165) is 65.4 Å². The van der Waals surface area contributed by atoms with Crippen LogP contribution in [-0.2, 0) is 26.2 Å². The molecule has 212 valence electrons. The van der Waals surface area contributed by atoms with Crippen LogP contribution in [0.1, 0.15) is 46.5 Å². The predicted octanol–water partition coefficient (Wildman–Crippen LogP) is 4.22. The highest BCUT2D eigenvalue weighted by molar-refractivity contribution is 5.93. The summed E-state index contributed by atoms with van der Waals surface area (Å²) in [7, 11) is 0. The van der Waals surface area contributed by atoms with Crippen molar-refractivity contribution >= 4 is 5.91 Å². The molecule has 7 heteroatoms. The highest BCUT2D eigenvalue weighted by Gasteiger charge is 2.29. The van der Waals surface area contributed by atoms with Crippen molar-refractivity contribution in [2.24, 2.45) is 0 Å². The van der Waals surface area contributed by atoms with Crippen LogP contribution in [-0.4, -0.2) is 82.1 Å². The third kappa shape index (κ3) is 7.56. The summed E-state index contributed by atoms with van der Waals surface area (Å²) in [5, 5.41) is 8.83. The van der Waals surface area contributed by atoms with E-state index in [4.69, 9.17) is 5.21 Å². The smallest absolute Gasteiger partial charge is 0.274 e. The van der Waals surface area contributed by atoms with Gasteiger partial charge in [-0.15, -0.1) is 0 Å². The lowest BCUT2D eigenvalue weighted by atomic mass is 10.0. The molecule has 1 amide bonds. The monoisotopic (exact) mass is 541 g/mol. The second-order valence-electron chi connectivity index (χ2n) is 11.6. The molecular formula is C33H43N5O2. The van der Waals surface area contributed by atoms with Gasteiger partial charge in [-0.05, 0) is 48.2 Å². The Morgan fingerprint density at radius 2 is 1.18 bits per heavy atom. The fraction of sp³-hybridized carbons (Fsp3) is 0.424. The second-order valence-corrected chi connectivity index (χ2v) is 11.6. The van der Waals surface area contributed by atoms with Gasteiger partial charge in [0.15, 0.2) is 0 Å². The molecule has 0 aliphatic carbocycles. The SMILES string of the molecule is CC1CN(Cc2ccc(C(=O)NO)cc2)CC(C)N1Cc1cccc(CN2CCN(Cc3ccccc3)CC2)c1. The van der Waals surface area contributed by atoms with E-state index >= 15 is 0 Å². The van der Waals surface area contributed by atoms with Crippen molar-refractivity contribution < 1.29 is 10.0 Å². The zero-order valence-corrected chi connectivity index (χ0v) is 23.9. The fourth-order valence-electron chi connectivity index (χ4n) is 6.23. The summed E-state index contributed by atoms with van der Waals surface area (Å²) in [4.78, 5) is 21.9. The normalized spacial score (nSPS) is 21.4. The molecule has 2 fully saturated rings. The number of carbonyl (C=O) groups is 1. The van der Waals surface area contributed by atoms with Crippen LogP contribution in [0.5, 0.6) is 0 Å². The molecule has 2 aliphatic heterocycles. The maximum atomic E-state index is 11.6. The van der Waals surface area contributed by atoms with Gasteiger partial charge in [-0.2, -0.15) is 0 Å². The van der Waals surface area contributed by atoms with Crippen molar-refractivity contribution in [1.29, 1.82) is 0 Å². The van der Waals surface area contributed by atoms with Crippen LogP contribution in [0.3, 0.4) is 0 Å². The zero-order chi connectivity index (χ0) is 27.9. The molecule has 0 bridgehead atoms. The number of nitrogens with one attached hydrogen (secondary N) is 1. The summed E-state index contributed by atoms with van der Waals surface area (Å²) in [6, 6.07) is 28.4. The molecule has 5 rings (SSSR count). The minimum absolute atomic E-state index is 0.449. The number of carbonyl (C=O) groups excluding carboxylic acids is 1. The quantitative estimate of drug-likeness (QED) is 0.313. The Bertz CT molecular complexity index is 1220. The van der Waals surface area contributed by atoms with Gasteiger partial charge in [0.1, 0.15) is 0 Å². The lowest BCUT2D eigenvalue weighted by molar-refractivity contribution is 0.0290. The number of amides is 1. The van der Waals surface area contributed by atoms with Crippen molar-refractivity contribution in [2.45, 2.75) is 52.1 Å². The maximum absolute atomic E-state index is 11.6. The molecule has 2 unspecified atom stereocenters. The Kier molecular flexibility index (Phi) is 9.62. The molecule has 2 saturated heterocycles. The highest BCUT2D eigenvalue weighted by atomic mass is 16.5.